The minimum absolute atomic E-state index is 0.138. The molecule has 1 aromatic rings. The highest BCUT2D eigenvalue weighted by atomic mass is 16.5. The summed E-state index contributed by atoms with van der Waals surface area (Å²) >= 11 is 0. The summed E-state index contributed by atoms with van der Waals surface area (Å²) in [6, 6.07) is 7.92. The summed E-state index contributed by atoms with van der Waals surface area (Å²) in [5, 5.41) is 9.12. The van der Waals surface area contributed by atoms with Gasteiger partial charge in [-0.3, -0.25) is 0 Å². The van der Waals surface area contributed by atoms with Crippen molar-refractivity contribution in [1.29, 1.82) is 5.26 Å². The molecule has 1 fully saturated rings. The van der Waals surface area contributed by atoms with E-state index < -0.39 is 0 Å². The van der Waals surface area contributed by atoms with Gasteiger partial charge in [0.25, 0.3) is 0 Å². The van der Waals surface area contributed by atoms with Gasteiger partial charge in [-0.25, -0.2) is 0 Å². The number of hydrogen-bond donors (Lipinski definition) is 0. The van der Waals surface area contributed by atoms with Crippen LogP contribution >= 0.6 is 0 Å². The Morgan fingerprint density at radius 3 is 2.56 bits per heavy atom. The van der Waals surface area contributed by atoms with Gasteiger partial charge < -0.3 is 9.47 Å². The second-order valence-electron chi connectivity index (χ2n) is 5.08. The average Bonchev–Trinajstić information content (AvgIpc) is 2.30. The fraction of sp³-hybridized carbons (Fsp3) is 0.533. The Morgan fingerprint density at radius 1 is 1.28 bits per heavy atom. The molecule has 2 atom stereocenters. The van der Waals surface area contributed by atoms with E-state index in [4.69, 9.17) is 14.7 Å². The van der Waals surface area contributed by atoms with Crippen molar-refractivity contribution >= 4 is 0 Å². The molecule has 3 nitrogen and oxygen atoms in total. The highest BCUT2D eigenvalue weighted by Crippen LogP contribution is 2.26. The summed E-state index contributed by atoms with van der Waals surface area (Å²) in [5.74, 6) is 0.689. The fourth-order valence-corrected chi connectivity index (χ4v) is 2.45. The first-order chi connectivity index (χ1) is 8.58. The Morgan fingerprint density at radius 2 is 1.94 bits per heavy atom. The molecule has 1 aromatic carbocycles. The third-order valence-corrected chi connectivity index (χ3v) is 3.20. The highest BCUT2D eigenvalue weighted by Gasteiger charge is 2.26. The monoisotopic (exact) mass is 245 g/mol. The number of rotatable bonds is 2. The van der Waals surface area contributed by atoms with E-state index in [1.165, 1.54) is 0 Å². The second-order valence-corrected chi connectivity index (χ2v) is 5.08. The van der Waals surface area contributed by atoms with Crippen LogP contribution in [0, 0.1) is 18.3 Å². The molecular weight excluding hydrogens is 226 g/mol. The molecule has 3 heteroatoms. The van der Waals surface area contributed by atoms with Gasteiger partial charge >= 0.3 is 0 Å². The predicted octanol–water partition coefficient (Wildman–Crippen LogP) is 3.20. The molecule has 0 bridgehead atoms. The van der Waals surface area contributed by atoms with Crippen LogP contribution in [0.4, 0.5) is 0 Å². The molecule has 0 aromatic heterocycles. The summed E-state index contributed by atoms with van der Waals surface area (Å²) in [6.45, 7) is 6.10. The van der Waals surface area contributed by atoms with Gasteiger partial charge in [0, 0.05) is 12.8 Å². The molecule has 0 aliphatic carbocycles. The minimum atomic E-state index is 0.138. The first-order valence-electron chi connectivity index (χ1n) is 6.41. The Kier molecular flexibility index (Phi) is 3.88. The molecule has 2 rings (SSSR count). The van der Waals surface area contributed by atoms with E-state index in [0.29, 0.717) is 11.3 Å². The van der Waals surface area contributed by atoms with Crippen molar-refractivity contribution in [3.63, 3.8) is 0 Å². The maximum absolute atomic E-state index is 9.12. The van der Waals surface area contributed by atoms with Crippen molar-refractivity contribution in [1.82, 2.24) is 0 Å². The van der Waals surface area contributed by atoms with Gasteiger partial charge in [0.15, 0.2) is 0 Å². The molecule has 1 heterocycles. The van der Waals surface area contributed by atoms with Crippen molar-refractivity contribution in [2.75, 3.05) is 0 Å². The van der Waals surface area contributed by atoms with Crippen LogP contribution in [0.15, 0.2) is 18.2 Å². The number of nitrogens with zero attached hydrogens (tertiary/aromatic N) is 1. The summed E-state index contributed by atoms with van der Waals surface area (Å²) in [5.41, 5.74) is 1.69. The Hall–Kier alpha value is -1.53. The van der Waals surface area contributed by atoms with Gasteiger partial charge in [-0.05, 0) is 38.5 Å². The van der Waals surface area contributed by atoms with E-state index in [0.717, 1.165) is 18.4 Å². The maximum Gasteiger partial charge on any atom is 0.137 e. The van der Waals surface area contributed by atoms with Gasteiger partial charge in [-0.15, -0.1) is 0 Å². The van der Waals surface area contributed by atoms with Crippen LogP contribution in [0.25, 0.3) is 0 Å². The van der Waals surface area contributed by atoms with E-state index in [2.05, 4.69) is 19.9 Å². The maximum atomic E-state index is 9.12. The van der Waals surface area contributed by atoms with Gasteiger partial charge in [-0.2, -0.15) is 5.26 Å². The molecule has 1 saturated heterocycles. The zero-order chi connectivity index (χ0) is 13.1. The summed E-state index contributed by atoms with van der Waals surface area (Å²) in [4.78, 5) is 0. The SMILES string of the molecule is Cc1ccc(OC2CC(C)OC(C)C2)c(C#N)c1. The first-order valence-corrected chi connectivity index (χ1v) is 6.41. The van der Waals surface area contributed by atoms with Gasteiger partial charge in [0.2, 0.25) is 0 Å². The molecule has 96 valence electrons. The van der Waals surface area contributed by atoms with Crippen molar-refractivity contribution in [3.05, 3.63) is 29.3 Å². The lowest BCUT2D eigenvalue weighted by Gasteiger charge is -2.32. The molecule has 0 saturated carbocycles. The van der Waals surface area contributed by atoms with Gasteiger partial charge in [0.05, 0.1) is 17.8 Å². The molecule has 0 radical (unpaired) electrons. The largest absolute Gasteiger partial charge is 0.489 e. The van der Waals surface area contributed by atoms with Crippen LogP contribution in [0.1, 0.15) is 37.8 Å². The zero-order valence-electron chi connectivity index (χ0n) is 11.1. The third-order valence-electron chi connectivity index (χ3n) is 3.20. The third kappa shape index (κ3) is 3.02. The summed E-state index contributed by atoms with van der Waals surface area (Å²) in [6.07, 6.45) is 2.33. The lowest BCUT2D eigenvalue weighted by Crippen LogP contribution is -2.35. The summed E-state index contributed by atoms with van der Waals surface area (Å²) < 4.78 is 11.7. The van der Waals surface area contributed by atoms with E-state index in [1.54, 1.807) is 0 Å². The Bertz CT molecular complexity index is 454. The Labute approximate surface area is 108 Å². The number of aryl methyl sites for hydroxylation is 1. The second kappa shape index (κ2) is 5.41. The number of hydrogen-bond acceptors (Lipinski definition) is 3. The van der Waals surface area contributed by atoms with Gasteiger partial charge in [-0.1, -0.05) is 6.07 Å². The number of benzene rings is 1. The van der Waals surface area contributed by atoms with Gasteiger partial charge in [0.1, 0.15) is 17.9 Å². The van der Waals surface area contributed by atoms with Crippen LogP contribution in [0.3, 0.4) is 0 Å². The van der Waals surface area contributed by atoms with Crippen molar-refractivity contribution in [2.45, 2.75) is 51.9 Å². The molecule has 1 aliphatic rings. The van der Waals surface area contributed by atoms with E-state index in [9.17, 15) is 0 Å². The highest BCUT2D eigenvalue weighted by molar-refractivity contribution is 5.45. The molecule has 0 spiro atoms. The van der Waals surface area contributed by atoms with Crippen LogP contribution < -0.4 is 4.74 Å². The van der Waals surface area contributed by atoms with Crippen LogP contribution in [-0.4, -0.2) is 18.3 Å². The Balaban J connectivity index is 2.12. The number of nitriles is 1. The van der Waals surface area contributed by atoms with E-state index in [-0.39, 0.29) is 18.3 Å². The topological polar surface area (TPSA) is 42.2 Å². The first kappa shape index (κ1) is 12.9. The van der Waals surface area contributed by atoms with E-state index >= 15 is 0 Å². The zero-order valence-corrected chi connectivity index (χ0v) is 11.1. The molecule has 18 heavy (non-hydrogen) atoms. The standard InChI is InChI=1S/C15H19NO2/c1-10-4-5-15(13(6-10)9-16)18-14-7-11(2)17-12(3)8-14/h4-6,11-12,14H,7-8H2,1-3H3. The number of ether oxygens (including phenoxy) is 2. The average molecular weight is 245 g/mol. The molecule has 1 aliphatic heterocycles. The van der Waals surface area contributed by atoms with Crippen LogP contribution in [-0.2, 0) is 4.74 Å². The molecular formula is C15H19NO2. The fourth-order valence-electron chi connectivity index (χ4n) is 2.45. The molecule has 0 N–H and O–H groups in total. The van der Waals surface area contributed by atoms with E-state index in [1.807, 2.05) is 25.1 Å². The van der Waals surface area contributed by atoms with Crippen LogP contribution in [0.5, 0.6) is 5.75 Å². The van der Waals surface area contributed by atoms with Crippen molar-refractivity contribution in [2.24, 2.45) is 0 Å². The smallest absolute Gasteiger partial charge is 0.137 e. The van der Waals surface area contributed by atoms with Crippen LogP contribution in [0.2, 0.25) is 0 Å². The molecule has 2 unspecified atom stereocenters. The molecule has 0 amide bonds. The normalized spacial score (nSPS) is 27.6. The lowest BCUT2D eigenvalue weighted by molar-refractivity contribution is -0.0721. The predicted molar refractivity (Wildman–Crippen MR) is 69.6 cm³/mol. The summed E-state index contributed by atoms with van der Waals surface area (Å²) in [7, 11) is 0. The lowest BCUT2D eigenvalue weighted by atomic mass is 10.0. The van der Waals surface area contributed by atoms with Crippen molar-refractivity contribution in [3.8, 4) is 11.8 Å². The quantitative estimate of drug-likeness (QED) is 0.803. The van der Waals surface area contributed by atoms with Crippen molar-refractivity contribution < 1.29 is 9.47 Å². The minimum Gasteiger partial charge on any atom is -0.489 e.